The van der Waals surface area contributed by atoms with Crippen LogP contribution in [-0.4, -0.2) is 34.5 Å². The van der Waals surface area contributed by atoms with Crippen LogP contribution >= 0.6 is 0 Å². The molecule has 1 aliphatic rings. The van der Waals surface area contributed by atoms with E-state index in [0.29, 0.717) is 5.92 Å². The molecule has 3 heteroatoms. The maximum atomic E-state index is 4.32. The van der Waals surface area contributed by atoms with Crippen molar-refractivity contribution in [2.45, 2.75) is 52.4 Å². The molecule has 0 unspecified atom stereocenters. The fraction of sp³-hybridized carbons (Fsp3) is 0.750. The third-order valence-corrected chi connectivity index (χ3v) is 4.12. The van der Waals surface area contributed by atoms with Crippen LogP contribution in [0.4, 0.5) is 0 Å². The van der Waals surface area contributed by atoms with Crippen molar-refractivity contribution in [3.8, 4) is 0 Å². The summed E-state index contributed by atoms with van der Waals surface area (Å²) in [5.41, 5.74) is 1.33. The van der Waals surface area contributed by atoms with E-state index in [9.17, 15) is 0 Å². The van der Waals surface area contributed by atoms with E-state index in [1.807, 2.05) is 19.3 Å². The first-order valence-electron chi connectivity index (χ1n) is 7.66. The smallest absolute Gasteiger partial charge is 0.125 e. The Labute approximate surface area is 117 Å². The summed E-state index contributed by atoms with van der Waals surface area (Å²) in [6, 6.07) is 0. The standard InChI is InChI=1S/C16H27N3/c1-13(2)5-4-8-19-9-6-15(7-10-19)16-11-17-14(3)18-12-16/h11-13,15H,4-10H2,1-3H3. The number of rotatable bonds is 5. The highest BCUT2D eigenvalue weighted by Crippen LogP contribution is 2.27. The molecule has 2 rings (SSSR count). The predicted molar refractivity (Wildman–Crippen MR) is 79.3 cm³/mol. The van der Waals surface area contributed by atoms with E-state index < -0.39 is 0 Å². The van der Waals surface area contributed by atoms with Gasteiger partial charge in [0.15, 0.2) is 0 Å². The Bertz CT molecular complexity index is 364. The summed E-state index contributed by atoms with van der Waals surface area (Å²) in [6.45, 7) is 10.3. The zero-order valence-electron chi connectivity index (χ0n) is 12.6. The van der Waals surface area contributed by atoms with Gasteiger partial charge in [-0.2, -0.15) is 0 Å². The Morgan fingerprint density at radius 1 is 1.21 bits per heavy atom. The molecule has 19 heavy (non-hydrogen) atoms. The molecule has 2 heterocycles. The van der Waals surface area contributed by atoms with Crippen LogP contribution in [0.2, 0.25) is 0 Å². The Balaban J connectivity index is 1.74. The number of aryl methyl sites for hydroxylation is 1. The number of nitrogens with zero attached hydrogens (tertiary/aromatic N) is 3. The van der Waals surface area contributed by atoms with Gasteiger partial charge < -0.3 is 4.90 Å². The van der Waals surface area contributed by atoms with E-state index in [0.717, 1.165) is 11.7 Å². The van der Waals surface area contributed by atoms with E-state index in [4.69, 9.17) is 0 Å². The lowest BCUT2D eigenvalue weighted by molar-refractivity contribution is 0.206. The van der Waals surface area contributed by atoms with Gasteiger partial charge in [-0.3, -0.25) is 0 Å². The van der Waals surface area contributed by atoms with Gasteiger partial charge in [0, 0.05) is 12.4 Å². The molecule has 1 saturated heterocycles. The van der Waals surface area contributed by atoms with Crippen LogP contribution in [0, 0.1) is 12.8 Å². The average molecular weight is 261 g/mol. The van der Waals surface area contributed by atoms with Crippen molar-refractivity contribution in [3.63, 3.8) is 0 Å². The molecular weight excluding hydrogens is 234 g/mol. The largest absolute Gasteiger partial charge is 0.303 e. The number of piperidine rings is 1. The van der Waals surface area contributed by atoms with Crippen LogP contribution < -0.4 is 0 Å². The van der Waals surface area contributed by atoms with E-state index in [-0.39, 0.29) is 0 Å². The number of hydrogen-bond donors (Lipinski definition) is 0. The Morgan fingerprint density at radius 2 is 1.84 bits per heavy atom. The summed E-state index contributed by atoms with van der Waals surface area (Å²) < 4.78 is 0. The van der Waals surface area contributed by atoms with Gasteiger partial charge in [-0.1, -0.05) is 13.8 Å². The first kappa shape index (κ1) is 14.4. The first-order chi connectivity index (χ1) is 9.15. The maximum Gasteiger partial charge on any atom is 0.125 e. The lowest BCUT2D eigenvalue weighted by atomic mass is 9.91. The van der Waals surface area contributed by atoms with Gasteiger partial charge in [0.25, 0.3) is 0 Å². The van der Waals surface area contributed by atoms with Gasteiger partial charge in [-0.05, 0) is 69.6 Å². The number of aromatic nitrogens is 2. The van der Waals surface area contributed by atoms with Gasteiger partial charge >= 0.3 is 0 Å². The van der Waals surface area contributed by atoms with Crippen LogP contribution in [0.3, 0.4) is 0 Å². The lowest BCUT2D eigenvalue weighted by Crippen LogP contribution is -2.33. The summed E-state index contributed by atoms with van der Waals surface area (Å²) in [7, 11) is 0. The van der Waals surface area contributed by atoms with E-state index in [1.54, 1.807) is 0 Å². The molecule has 1 aliphatic heterocycles. The summed E-state index contributed by atoms with van der Waals surface area (Å²) in [6.07, 6.45) is 9.24. The van der Waals surface area contributed by atoms with Crippen molar-refractivity contribution in [3.05, 3.63) is 23.8 Å². The fourth-order valence-corrected chi connectivity index (χ4v) is 2.83. The van der Waals surface area contributed by atoms with E-state index in [1.165, 1.54) is 50.9 Å². The minimum atomic E-state index is 0.668. The van der Waals surface area contributed by atoms with Crippen LogP contribution in [0.5, 0.6) is 0 Å². The molecule has 1 aromatic heterocycles. The third-order valence-electron chi connectivity index (χ3n) is 4.12. The molecular formula is C16H27N3. The molecule has 0 radical (unpaired) electrons. The molecule has 0 aromatic carbocycles. The van der Waals surface area contributed by atoms with Crippen LogP contribution in [0.25, 0.3) is 0 Å². The molecule has 0 saturated carbocycles. The highest BCUT2D eigenvalue weighted by Gasteiger charge is 2.20. The first-order valence-corrected chi connectivity index (χ1v) is 7.66. The SMILES string of the molecule is Cc1ncc(C2CCN(CCCC(C)C)CC2)cn1. The zero-order valence-corrected chi connectivity index (χ0v) is 12.6. The summed E-state index contributed by atoms with van der Waals surface area (Å²) >= 11 is 0. The maximum absolute atomic E-state index is 4.32. The molecule has 1 fully saturated rings. The van der Waals surface area contributed by atoms with Crippen molar-refractivity contribution < 1.29 is 0 Å². The summed E-state index contributed by atoms with van der Waals surface area (Å²) in [5, 5.41) is 0. The van der Waals surface area contributed by atoms with Crippen molar-refractivity contribution in [2.75, 3.05) is 19.6 Å². The molecule has 0 amide bonds. The van der Waals surface area contributed by atoms with E-state index in [2.05, 4.69) is 28.7 Å². The molecule has 106 valence electrons. The minimum absolute atomic E-state index is 0.668. The van der Waals surface area contributed by atoms with Gasteiger partial charge in [-0.15, -0.1) is 0 Å². The minimum Gasteiger partial charge on any atom is -0.303 e. The third kappa shape index (κ3) is 4.57. The van der Waals surface area contributed by atoms with Crippen molar-refractivity contribution in [1.29, 1.82) is 0 Å². The summed E-state index contributed by atoms with van der Waals surface area (Å²) in [5.74, 6) is 2.37. The molecule has 0 bridgehead atoms. The van der Waals surface area contributed by atoms with Crippen LogP contribution in [0.15, 0.2) is 12.4 Å². The second-order valence-corrected chi connectivity index (χ2v) is 6.22. The normalized spacial score (nSPS) is 18.1. The van der Waals surface area contributed by atoms with Crippen LogP contribution in [0.1, 0.15) is 56.8 Å². The summed E-state index contributed by atoms with van der Waals surface area (Å²) in [4.78, 5) is 11.3. The van der Waals surface area contributed by atoms with Crippen molar-refractivity contribution in [2.24, 2.45) is 5.92 Å². The molecule has 0 N–H and O–H groups in total. The highest BCUT2D eigenvalue weighted by atomic mass is 15.1. The average Bonchev–Trinajstić information content (AvgIpc) is 2.40. The molecule has 0 spiro atoms. The Kier molecular flexibility index (Phi) is 5.32. The molecule has 0 aliphatic carbocycles. The second kappa shape index (κ2) is 6.99. The number of likely N-dealkylation sites (tertiary alicyclic amines) is 1. The fourth-order valence-electron chi connectivity index (χ4n) is 2.83. The van der Waals surface area contributed by atoms with Crippen LogP contribution in [-0.2, 0) is 0 Å². The van der Waals surface area contributed by atoms with E-state index >= 15 is 0 Å². The second-order valence-electron chi connectivity index (χ2n) is 6.22. The monoisotopic (exact) mass is 261 g/mol. The Hall–Kier alpha value is -0.960. The quantitative estimate of drug-likeness (QED) is 0.813. The van der Waals surface area contributed by atoms with Gasteiger partial charge in [0.05, 0.1) is 0 Å². The van der Waals surface area contributed by atoms with Gasteiger partial charge in [0.2, 0.25) is 0 Å². The molecule has 0 atom stereocenters. The van der Waals surface area contributed by atoms with Gasteiger partial charge in [0.1, 0.15) is 5.82 Å². The topological polar surface area (TPSA) is 29.0 Å². The molecule has 1 aromatic rings. The number of hydrogen-bond acceptors (Lipinski definition) is 3. The predicted octanol–water partition coefficient (Wildman–Crippen LogP) is 3.40. The highest BCUT2D eigenvalue weighted by molar-refractivity contribution is 5.12. The van der Waals surface area contributed by atoms with Gasteiger partial charge in [-0.25, -0.2) is 9.97 Å². The zero-order chi connectivity index (χ0) is 13.7. The lowest BCUT2D eigenvalue weighted by Gasteiger charge is -2.32. The van der Waals surface area contributed by atoms with Crippen molar-refractivity contribution in [1.82, 2.24) is 14.9 Å². The molecule has 3 nitrogen and oxygen atoms in total. The van der Waals surface area contributed by atoms with Crippen molar-refractivity contribution >= 4 is 0 Å². The Morgan fingerprint density at radius 3 is 2.42 bits per heavy atom.